The lowest BCUT2D eigenvalue weighted by molar-refractivity contribution is -0.126. The summed E-state index contributed by atoms with van der Waals surface area (Å²) in [5.41, 5.74) is 2.46. The molecule has 1 saturated heterocycles. The molecular formula is C15H21NO2S. The fourth-order valence-electron chi connectivity index (χ4n) is 2.39. The lowest BCUT2D eigenvalue weighted by Gasteiger charge is -2.14. The van der Waals surface area contributed by atoms with Crippen LogP contribution in [0.25, 0.3) is 0 Å². The summed E-state index contributed by atoms with van der Waals surface area (Å²) in [4.78, 5) is 12.0. The Balaban J connectivity index is 1.87. The number of hydrogen-bond donors (Lipinski definition) is 1. The van der Waals surface area contributed by atoms with E-state index in [1.165, 1.54) is 5.56 Å². The first kappa shape index (κ1) is 14.4. The van der Waals surface area contributed by atoms with Crippen molar-refractivity contribution >= 4 is 17.7 Å². The predicted octanol–water partition coefficient (Wildman–Crippen LogP) is 2.59. The Morgan fingerprint density at radius 1 is 1.47 bits per heavy atom. The van der Waals surface area contributed by atoms with Crippen molar-refractivity contribution in [3.05, 3.63) is 35.4 Å². The number of rotatable bonds is 5. The maximum atomic E-state index is 12.0. The van der Waals surface area contributed by atoms with E-state index in [1.807, 2.05) is 13.0 Å². The zero-order valence-electron chi connectivity index (χ0n) is 11.5. The lowest BCUT2D eigenvalue weighted by Crippen LogP contribution is -2.33. The van der Waals surface area contributed by atoms with Crippen LogP contribution in [0.15, 0.2) is 24.3 Å². The number of amides is 1. The molecule has 0 saturated carbocycles. The molecule has 1 fully saturated rings. The van der Waals surface area contributed by atoms with E-state index >= 15 is 0 Å². The van der Waals surface area contributed by atoms with E-state index in [1.54, 1.807) is 11.8 Å². The van der Waals surface area contributed by atoms with Crippen molar-refractivity contribution in [1.29, 1.82) is 0 Å². The molecule has 2 atom stereocenters. The van der Waals surface area contributed by atoms with Crippen LogP contribution in [0.1, 0.15) is 24.5 Å². The molecule has 104 valence electrons. The molecule has 0 spiro atoms. The van der Waals surface area contributed by atoms with Gasteiger partial charge in [-0.1, -0.05) is 24.3 Å². The van der Waals surface area contributed by atoms with Crippen LogP contribution >= 0.6 is 11.8 Å². The highest BCUT2D eigenvalue weighted by atomic mass is 32.2. The normalized spacial score (nSPS) is 22.4. The number of thioether (sulfide) groups is 1. The maximum Gasteiger partial charge on any atom is 0.226 e. The van der Waals surface area contributed by atoms with E-state index in [4.69, 9.17) is 4.74 Å². The Hall–Kier alpha value is -1.00. The zero-order valence-corrected chi connectivity index (χ0v) is 12.3. The van der Waals surface area contributed by atoms with Crippen molar-refractivity contribution in [1.82, 2.24) is 5.32 Å². The molecule has 1 aliphatic rings. The van der Waals surface area contributed by atoms with Gasteiger partial charge in [0.05, 0.1) is 12.0 Å². The molecule has 1 heterocycles. The monoisotopic (exact) mass is 279 g/mol. The Kier molecular flexibility index (Phi) is 5.28. The third kappa shape index (κ3) is 3.98. The van der Waals surface area contributed by atoms with Crippen LogP contribution in [-0.2, 0) is 21.8 Å². The molecule has 0 aromatic heterocycles. The first-order chi connectivity index (χ1) is 9.20. The summed E-state index contributed by atoms with van der Waals surface area (Å²) >= 11 is 1.80. The molecule has 1 N–H and O–H groups in total. The van der Waals surface area contributed by atoms with Gasteiger partial charge in [-0.3, -0.25) is 4.79 Å². The van der Waals surface area contributed by atoms with Crippen LogP contribution in [0, 0.1) is 5.92 Å². The van der Waals surface area contributed by atoms with Gasteiger partial charge in [0, 0.05) is 18.9 Å². The number of carbonyl (C=O) groups excluding carboxylic acids is 1. The van der Waals surface area contributed by atoms with Crippen molar-refractivity contribution in [2.45, 2.75) is 31.7 Å². The van der Waals surface area contributed by atoms with Crippen LogP contribution in [0.5, 0.6) is 0 Å². The second kappa shape index (κ2) is 6.96. The standard InChI is InChI=1S/C15H21NO2S/c1-11-14(6-7-18-11)15(17)16-9-12-4-3-5-13(8-12)10-19-2/h3-5,8,11,14H,6-7,9-10H2,1-2H3,(H,16,17). The van der Waals surface area contributed by atoms with Gasteiger partial charge in [0.15, 0.2) is 0 Å². The molecule has 2 unspecified atom stereocenters. The van der Waals surface area contributed by atoms with Gasteiger partial charge in [0.2, 0.25) is 5.91 Å². The summed E-state index contributed by atoms with van der Waals surface area (Å²) < 4.78 is 5.43. The summed E-state index contributed by atoms with van der Waals surface area (Å²) in [5.74, 6) is 1.13. The van der Waals surface area contributed by atoms with Crippen molar-refractivity contribution in [3.63, 3.8) is 0 Å². The quantitative estimate of drug-likeness (QED) is 0.900. The smallest absolute Gasteiger partial charge is 0.226 e. The number of carbonyl (C=O) groups is 1. The molecule has 1 aromatic rings. The largest absolute Gasteiger partial charge is 0.378 e. The molecular weight excluding hydrogens is 258 g/mol. The van der Waals surface area contributed by atoms with Gasteiger partial charge in [-0.25, -0.2) is 0 Å². The van der Waals surface area contributed by atoms with E-state index < -0.39 is 0 Å². The van der Waals surface area contributed by atoms with Gasteiger partial charge < -0.3 is 10.1 Å². The first-order valence-electron chi connectivity index (χ1n) is 6.67. The minimum absolute atomic E-state index is 0.00869. The number of hydrogen-bond acceptors (Lipinski definition) is 3. The second-order valence-corrected chi connectivity index (χ2v) is 5.81. The Bertz CT molecular complexity index is 436. The lowest BCUT2D eigenvalue weighted by atomic mass is 10.0. The van der Waals surface area contributed by atoms with Crippen LogP contribution in [0.4, 0.5) is 0 Å². The van der Waals surface area contributed by atoms with Gasteiger partial charge in [0.25, 0.3) is 0 Å². The van der Waals surface area contributed by atoms with E-state index in [0.717, 1.165) is 17.7 Å². The average molecular weight is 279 g/mol. The minimum atomic E-state index is 0.00869. The molecule has 2 rings (SSSR count). The molecule has 0 aliphatic carbocycles. The Morgan fingerprint density at radius 3 is 2.95 bits per heavy atom. The number of nitrogens with one attached hydrogen (secondary N) is 1. The van der Waals surface area contributed by atoms with E-state index in [0.29, 0.717) is 13.2 Å². The molecule has 19 heavy (non-hydrogen) atoms. The Morgan fingerprint density at radius 2 is 2.26 bits per heavy atom. The fourth-order valence-corrected chi connectivity index (χ4v) is 2.91. The van der Waals surface area contributed by atoms with Crippen molar-refractivity contribution in [3.8, 4) is 0 Å². The van der Waals surface area contributed by atoms with Crippen LogP contribution in [0.2, 0.25) is 0 Å². The van der Waals surface area contributed by atoms with Crippen LogP contribution in [0.3, 0.4) is 0 Å². The molecule has 0 radical (unpaired) electrons. The van der Waals surface area contributed by atoms with Gasteiger partial charge in [-0.05, 0) is 30.7 Å². The summed E-state index contributed by atoms with van der Waals surface area (Å²) in [6, 6.07) is 8.38. The van der Waals surface area contributed by atoms with E-state index in [2.05, 4.69) is 29.8 Å². The van der Waals surface area contributed by atoms with Gasteiger partial charge in [0.1, 0.15) is 0 Å². The molecule has 4 heteroatoms. The molecule has 1 amide bonds. The van der Waals surface area contributed by atoms with E-state index in [9.17, 15) is 4.79 Å². The zero-order chi connectivity index (χ0) is 13.7. The van der Waals surface area contributed by atoms with Crippen molar-refractivity contribution in [2.75, 3.05) is 12.9 Å². The van der Waals surface area contributed by atoms with Crippen LogP contribution < -0.4 is 5.32 Å². The Labute approximate surface area is 119 Å². The highest BCUT2D eigenvalue weighted by Gasteiger charge is 2.30. The van der Waals surface area contributed by atoms with Gasteiger partial charge in [-0.2, -0.15) is 11.8 Å². The van der Waals surface area contributed by atoms with Crippen LogP contribution in [-0.4, -0.2) is 24.9 Å². The SMILES string of the molecule is CSCc1cccc(CNC(=O)C2CCOC2C)c1. The topological polar surface area (TPSA) is 38.3 Å². The summed E-state index contributed by atoms with van der Waals surface area (Å²) in [6.07, 6.45) is 2.97. The third-order valence-electron chi connectivity index (χ3n) is 3.48. The molecule has 3 nitrogen and oxygen atoms in total. The van der Waals surface area contributed by atoms with Gasteiger partial charge in [-0.15, -0.1) is 0 Å². The molecule has 1 aliphatic heterocycles. The fraction of sp³-hybridized carbons (Fsp3) is 0.533. The molecule has 1 aromatic carbocycles. The van der Waals surface area contributed by atoms with Crippen molar-refractivity contribution < 1.29 is 9.53 Å². The maximum absolute atomic E-state index is 12.0. The third-order valence-corrected chi connectivity index (χ3v) is 4.10. The minimum Gasteiger partial charge on any atom is -0.378 e. The summed E-state index contributed by atoms with van der Waals surface area (Å²) in [6.45, 7) is 3.27. The van der Waals surface area contributed by atoms with E-state index in [-0.39, 0.29) is 17.9 Å². The second-order valence-electron chi connectivity index (χ2n) is 4.94. The predicted molar refractivity (Wildman–Crippen MR) is 79.0 cm³/mol. The molecule has 0 bridgehead atoms. The van der Waals surface area contributed by atoms with Gasteiger partial charge >= 0.3 is 0 Å². The number of ether oxygens (including phenoxy) is 1. The van der Waals surface area contributed by atoms with Crippen molar-refractivity contribution in [2.24, 2.45) is 5.92 Å². The number of benzene rings is 1. The average Bonchev–Trinajstić information content (AvgIpc) is 2.83. The summed E-state index contributed by atoms with van der Waals surface area (Å²) in [5, 5.41) is 3.01. The first-order valence-corrected chi connectivity index (χ1v) is 8.06. The highest BCUT2D eigenvalue weighted by Crippen LogP contribution is 2.20. The summed E-state index contributed by atoms with van der Waals surface area (Å²) in [7, 11) is 0. The highest BCUT2D eigenvalue weighted by molar-refractivity contribution is 7.97.